The van der Waals surface area contributed by atoms with E-state index in [2.05, 4.69) is 10.1 Å². The molecule has 0 bridgehead atoms. The van der Waals surface area contributed by atoms with E-state index >= 15 is 0 Å². The van der Waals surface area contributed by atoms with Gasteiger partial charge in [-0.25, -0.2) is 0 Å². The molecule has 1 amide bonds. The second-order valence-electron chi connectivity index (χ2n) is 6.69. The molecule has 0 spiro atoms. The average Bonchev–Trinajstić information content (AvgIpc) is 3.16. The van der Waals surface area contributed by atoms with Crippen LogP contribution in [0.2, 0.25) is 0 Å². The molecule has 1 N–H and O–H groups in total. The molecule has 7 nitrogen and oxygen atoms in total. The van der Waals surface area contributed by atoms with Crippen molar-refractivity contribution in [1.29, 1.82) is 5.41 Å². The number of amidine groups is 2. The molecule has 1 aromatic heterocycles. The summed E-state index contributed by atoms with van der Waals surface area (Å²) in [4.78, 5) is 29.4. The molecule has 2 aliphatic heterocycles. The molecule has 0 aliphatic carbocycles. The minimum atomic E-state index is -0.581. The van der Waals surface area contributed by atoms with Crippen molar-refractivity contribution in [2.75, 3.05) is 0 Å². The molecule has 0 atom stereocenters. The molecule has 0 saturated carbocycles. The third-order valence-electron chi connectivity index (χ3n) is 4.70. The Balaban J connectivity index is 1.49. The van der Waals surface area contributed by atoms with E-state index in [0.29, 0.717) is 22.6 Å². The van der Waals surface area contributed by atoms with Crippen LogP contribution in [-0.2, 0) is 11.2 Å². The van der Waals surface area contributed by atoms with Gasteiger partial charge < -0.3 is 4.42 Å². The van der Waals surface area contributed by atoms with Gasteiger partial charge in [0.1, 0.15) is 16.9 Å². The molecule has 0 unspecified atom stereocenters. The average molecular weight is 414 g/mol. The van der Waals surface area contributed by atoms with E-state index in [1.807, 2.05) is 30.3 Å². The fraction of sp³-hybridized carbons (Fsp3) is 0.0455. The van der Waals surface area contributed by atoms with Crippen LogP contribution in [0.1, 0.15) is 11.1 Å². The lowest BCUT2D eigenvalue weighted by Crippen LogP contribution is -2.35. The first-order valence-electron chi connectivity index (χ1n) is 9.14. The van der Waals surface area contributed by atoms with E-state index in [-0.39, 0.29) is 22.4 Å². The second-order valence-corrected chi connectivity index (χ2v) is 7.73. The van der Waals surface area contributed by atoms with Crippen LogP contribution in [0.5, 0.6) is 0 Å². The van der Waals surface area contributed by atoms with Gasteiger partial charge in [-0.3, -0.25) is 15.0 Å². The minimum absolute atomic E-state index is 0.00774. The molecule has 0 fully saturated rings. The zero-order valence-electron chi connectivity index (χ0n) is 15.5. The summed E-state index contributed by atoms with van der Waals surface area (Å²) in [6, 6.07) is 16.7. The summed E-state index contributed by atoms with van der Waals surface area (Å²) in [6.07, 6.45) is 3.22. The number of nitrogens with one attached hydrogen (secondary N) is 1. The quantitative estimate of drug-likeness (QED) is 0.660. The predicted molar refractivity (Wildman–Crippen MR) is 118 cm³/mol. The molecule has 2 aliphatic rings. The summed E-state index contributed by atoms with van der Waals surface area (Å²) >= 11 is 1.27. The van der Waals surface area contributed by atoms with Crippen molar-refractivity contribution in [3.05, 3.63) is 87.8 Å². The standard InChI is InChI=1S/C22H14N4O3S/c23-20-16(11-14-12-29-17-9-5-4-8-15(17)19(14)27)21(28)24-22-26(20)25-18(30-22)10-13-6-2-1-3-7-13/h1-9,11-12,23H,10H2/b16-11-,23-20?. The van der Waals surface area contributed by atoms with E-state index in [4.69, 9.17) is 9.83 Å². The number of fused-ring (bicyclic) bond motifs is 2. The lowest BCUT2D eigenvalue weighted by molar-refractivity contribution is -0.114. The van der Waals surface area contributed by atoms with Gasteiger partial charge in [-0.2, -0.15) is 15.1 Å². The number of para-hydroxylation sites is 1. The topological polar surface area (TPSA) is 99.1 Å². The smallest absolute Gasteiger partial charge is 0.283 e. The van der Waals surface area contributed by atoms with Crippen molar-refractivity contribution in [2.45, 2.75) is 6.42 Å². The van der Waals surface area contributed by atoms with Crippen LogP contribution in [0.25, 0.3) is 17.0 Å². The normalized spacial score (nSPS) is 17.3. The summed E-state index contributed by atoms with van der Waals surface area (Å²) in [5.74, 6) is -0.699. The Labute approximate surface area is 174 Å². The van der Waals surface area contributed by atoms with Crippen LogP contribution in [0, 0.1) is 5.41 Å². The monoisotopic (exact) mass is 414 g/mol. The van der Waals surface area contributed by atoms with Crippen molar-refractivity contribution in [3.8, 4) is 0 Å². The van der Waals surface area contributed by atoms with Crippen LogP contribution < -0.4 is 5.43 Å². The first-order chi connectivity index (χ1) is 14.6. The first kappa shape index (κ1) is 18.3. The Morgan fingerprint density at radius 1 is 1.07 bits per heavy atom. The number of rotatable bonds is 3. The van der Waals surface area contributed by atoms with E-state index in [0.717, 1.165) is 10.6 Å². The highest BCUT2D eigenvalue weighted by atomic mass is 32.2. The molecule has 30 heavy (non-hydrogen) atoms. The van der Waals surface area contributed by atoms with Gasteiger partial charge >= 0.3 is 0 Å². The maximum atomic E-state index is 12.7. The molecule has 3 aromatic rings. The van der Waals surface area contributed by atoms with E-state index in [1.165, 1.54) is 29.1 Å². The third kappa shape index (κ3) is 3.17. The van der Waals surface area contributed by atoms with Crippen LogP contribution in [0.3, 0.4) is 0 Å². The Hall–Kier alpha value is -3.78. The number of hydrogen-bond donors (Lipinski definition) is 1. The van der Waals surface area contributed by atoms with E-state index < -0.39 is 5.91 Å². The fourth-order valence-corrected chi connectivity index (χ4v) is 4.14. The third-order valence-corrected chi connectivity index (χ3v) is 5.61. The van der Waals surface area contributed by atoms with Crippen LogP contribution in [-0.4, -0.2) is 27.0 Å². The number of carbonyl (C=O) groups excluding carboxylic acids is 1. The van der Waals surface area contributed by atoms with Gasteiger partial charge in [0, 0.05) is 6.42 Å². The van der Waals surface area contributed by atoms with E-state index in [1.54, 1.807) is 24.3 Å². The van der Waals surface area contributed by atoms with Gasteiger partial charge in [0.05, 0.1) is 16.5 Å². The number of thioether (sulfide) groups is 1. The Morgan fingerprint density at radius 2 is 1.83 bits per heavy atom. The van der Waals surface area contributed by atoms with Crippen molar-refractivity contribution in [2.24, 2.45) is 10.1 Å². The zero-order chi connectivity index (χ0) is 20.7. The van der Waals surface area contributed by atoms with Gasteiger partial charge in [-0.1, -0.05) is 42.5 Å². The Kier molecular flexibility index (Phi) is 4.40. The Morgan fingerprint density at radius 3 is 2.67 bits per heavy atom. The maximum absolute atomic E-state index is 12.7. The number of hydrazone groups is 1. The summed E-state index contributed by atoms with van der Waals surface area (Å²) in [6.45, 7) is 0. The zero-order valence-corrected chi connectivity index (χ0v) is 16.3. The minimum Gasteiger partial charge on any atom is -0.463 e. The molecule has 146 valence electrons. The fourth-order valence-electron chi connectivity index (χ4n) is 3.22. The first-order valence-corrected chi connectivity index (χ1v) is 9.95. The highest BCUT2D eigenvalue weighted by Gasteiger charge is 2.35. The molecular weight excluding hydrogens is 400 g/mol. The van der Waals surface area contributed by atoms with Crippen LogP contribution >= 0.6 is 11.8 Å². The van der Waals surface area contributed by atoms with Crippen LogP contribution in [0.15, 0.2) is 85.7 Å². The highest BCUT2D eigenvalue weighted by molar-refractivity contribution is 8.26. The maximum Gasteiger partial charge on any atom is 0.283 e. The molecule has 2 aromatic carbocycles. The number of nitrogens with zero attached hydrogens (tertiary/aromatic N) is 3. The van der Waals surface area contributed by atoms with Crippen molar-refractivity contribution in [3.63, 3.8) is 0 Å². The second kappa shape index (κ2) is 7.23. The van der Waals surface area contributed by atoms with Gasteiger partial charge in [0.15, 0.2) is 11.3 Å². The molecule has 5 rings (SSSR count). The largest absolute Gasteiger partial charge is 0.463 e. The lowest BCUT2D eigenvalue weighted by Gasteiger charge is -2.20. The predicted octanol–water partition coefficient (Wildman–Crippen LogP) is 3.65. The lowest BCUT2D eigenvalue weighted by atomic mass is 10.1. The van der Waals surface area contributed by atoms with E-state index in [9.17, 15) is 9.59 Å². The SMILES string of the molecule is N=C1/C(=C/c2coc3ccccc3c2=O)C(=O)N=C2SC(Cc3ccccc3)=NN12. The van der Waals surface area contributed by atoms with Gasteiger partial charge in [-0.05, 0) is 35.5 Å². The summed E-state index contributed by atoms with van der Waals surface area (Å²) in [7, 11) is 0. The number of carbonyl (C=O) groups is 1. The molecule has 0 radical (unpaired) electrons. The number of amides is 1. The van der Waals surface area contributed by atoms with Gasteiger partial charge in [0.2, 0.25) is 5.17 Å². The Bertz CT molecular complexity index is 1360. The van der Waals surface area contributed by atoms with Crippen LogP contribution in [0.4, 0.5) is 0 Å². The number of aliphatic imine (C=N–C) groups is 1. The molecular formula is C22H14N4O3S. The van der Waals surface area contributed by atoms with Crippen molar-refractivity contribution < 1.29 is 9.21 Å². The molecule has 0 saturated heterocycles. The summed E-state index contributed by atoms with van der Waals surface area (Å²) in [5.41, 5.74) is 1.43. The molecule has 8 heteroatoms. The molecule has 3 heterocycles. The highest BCUT2D eigenvalue weighted by Crippen LogP contribution is 2.29. The van der Waals surface area contributed by atoms with Crippen molar-refractivity contribution >= 4 is 50.8 Å². The van der Waals surface area contributed by atoms with Gasteiger partial charge in [-0.15, -0.1) is 0 Å². The summed E-state index contributed by atoms with van der Waals surface area (Å²) < 4.78 is 5.50. The van der Waals surface area contributed by atoms with Crippen molar-refractivity contribution in [1.82, 2.24) is 5.01 Å². The number of hydrogen-bond acceptors (Lipinski definition) is 6. The van der Waals surface area contributed by atoms with Gasteiger partial charge in [0.25, 0.3) is 5.91 Å². The number of benzene rings is 2. The summed E-state index contributed by atoms with van der Waals surface area (Å²) in [5, 5.41) is 15.7.